The third-order valence-electron chi connectivity index (χ3n) is 2.72. The van der Waals surface area contributed by atoms with Crippen molar-refractivity contribution in [2.75, 3.05) is 6.61 Å². The van der Waals surface area contributed by atoms with Crippen molar-refractivity contribution in [3.63, 3.8) is 0 Å². The highest BCUT2D eigenvalue weighted by atomic mass is 16.5. The van der Waals surface area contributed by atoms with Crippen molar-refractivity contribution < 1.29 is 24.5 Å². The maximum atomic E-state index is 11.1. The Morgan fingerprint density at radius 1 is 1.30 bits per heavy atom. The maximum absolute atomic E-state index is 11.1. The molecule has 0 aliphatic heterocycles. The van der Waals surface area contributed by atoms with Crippen molar-refractivity contribution in [3.05, 3.63) is 29.8 Å². The number of carboxylic acid groups (broad SMARTS) is 2. The van der Waals surface area contributed by atoms with Crippen molar-refractivity contribution >= 4 is 11.9 Å². The summed E-state index contributed by atoms with van der Waals surface area (Å²) in [6, 6.07) is 6.27. The van der Waals surface area contributed by atoms with Crippen LogP contribution in [0.2, 0.25) is 0 Å². The lowest BCUT2D eigenvalue weighted by Gasteiger charge is -2.18. The number of aliphatic carboxylic acids is 2. The molecule has 0 saturated heterocycles. The molecular weight excluding hydrogens is 262 g/mol. The zero-order valence-electron chi connectivity index (χ0n) is 11.5. The van der Waals surface area contributed by atoms with Gasteiger partial charge in [-0.2, -0.15) is 0 Å². The van der Waals surface area contributed by atoms with Crippen LogP contribution in [0.25, 0.3) is 0 Å². The number of carboxylic acids is 2. The van der Waals surface area contributed by atoms with Gasteiger partial charge in [0.05, 0.1) is 0 Å². The molecule has 0 spiro atoms. The largest absolute Gasteiger partial charge is 0.482 e. The lowest BCUT2D eigenvalue weighted by Crippen LogP contribution is -2.40. The van der Waals surface area contributed by atoms with E-state index in [1.807, 2.05) is 19.9 Å². The molecule has 0 bridgehead atoms. The molecular formula is C14H19NO5. The summed E-state index contributed by atoms with van der Waals surface area (Å²) in [6.07, 6.45) is 0. The zero-order chi connectivity index (χ0) is 15.1. The summed E-state index contributed by atoms with van der Waals surface area (Å²) in [7, 11) is 0. The van der Waals surface area contributed by atoms with E-state index in [9.17, 15) is 9.59 Å². The Balaban J connectivity index is 2.61. The minimum Gasteiger partial charge on any atom is -0.482 e. The zero-order valence-corrected chi connectivity index (χ0v) is 11.5. The van der Waals surface area contributed by atoms with Crippen molar-refractivity contribution in [1.82, 2.24) is 5.32 Å². The molecule has 0 heterocycles. The fourth-order valence-electron chi connectivity index (χ4n) is 1.73. The first-order valence-corrected chi connectivity index (χ1v) is 6.30. The normalized spacial score (nSPS) is 12.2. The van der Waals surface area contributed by atoms with E-state index in [0.717, 1.165) is 5.56 Å². The summed E-state index contributed by atoms with van der Waals surface area (Å²) >= 11 is 0. The maximum Gasteiger partial charge on any atom is 0.341 e. The Labute approximate surface area is 117 Å². The highest BCUT2D eigenvalue weighted by Gasteiger charge is 2.20. The van der Waals surface area contributed by atoms with Gasteiger partial charge < -0.3 is 20.3 Å². The molecule has 6 heteroatoms. The summed E-state index contributed by atoms with van der Waals surface area (Å²) in [5.41, 5.74) is 0.833. The van der Waals surface area contributed by atoms with Gasteiger partial charge in [-0.1, -0.05) is 26.0 Å². The van der Waals surface area contributed by atoms with Gasteiger partial charge in [-0.25, -0.2) is 4.79 Å². The van der Waals surface area contributed by atoms with Crippen LogP contribution in [0.4, 0.5) is 0 Å². The number of nitrogens with one attached hydrogen (secondary N) is 1. The Hall–Kier alpha value is -2.08. The van der Waals surface area contributed by atoms with Crippen molar-refractivity contribution in [2.45, 2.75) is 26.4 Å². The molecule has 1 rings (SSSR count). The van der Waals surface area contributed by atoms with Gasteiger partial charge in [0.15, 0.2) is 6.61 Å². The third-order valence-corrected chi connectivity index (χ3v) is 2.72. The second-order valence-corrected chi connectivity index (χ2v) is 4.77. The lowest BCUT2D eigenvalue weighted by atomic mass is 10.0. The Morgan fingerprint density at radius 2 is 2.00 bits per heavy atom. The fourth-order valence-corrected chi connectivity index (χ4v) is 1.73. The van der Waals surface area contributed by atoms with E-state index >= 15 is 0 Å². The van der Waals surface area contributed by atoms with E-state index in [1.54, 1.807) is 18.2 Å². The van der Waals surface area contributed by atoms with E-state index in [0.29, 0.717) is 12.3 Å². The summed E-state index contributed by atoms with van der Waals surface area (Å²) in [5, 5.41) is 20.6. The first-order chi connectivity index (χ1) is 9.40. The molecule has 1 atom stereocenters. The van der Waals surface area contributed by atoms with Crippen LogP contribution < -0.4 is 10.1 Å². The van der Waals surface area contributed by atoms with E-state index in [1.165, 1.54) is 0 Å². The third kappa shape index (κ3) is 5.27. The standard InChI is InChI=1S/C14H19NO5/c1-9(2)13(14(18)19)15-7-10-4-3-5-11(6-10)20-8-12(16)17/h3-6,9,13,15H,7-8H2,1-2H3,(H,16,17)(H,18,19)/t13-/m1/s1. The van der Waals surface area contributed by atoms with Crippen LogP contribution in [0.5, 0.6) is 5.75 Å². The molecule has 0 fully saturated rings. The van der Waals surface area contributed by atoms with Crippen LogP contribution in [0, 0.1) is 5.92 Å². The van der Waals surface area contributed by atoms with E-state index in [2.05, 4.69) is 5.32 Å². The molecule has 1 aromatic carbocycles. The van der Waals surface area contributed by atoms with Crippen LogP contribution in [0.1, 0.15) is 19.4 Å². The summed E-state index contributed by atoms with van der Waals surface area (Å²) in [6.45, 7) is 3.64. The van der Waals surface area contributed by atoms with Gasteiger partial charge in [0.2, 0.25) is 0 Å². The smallest absolute Gasteiger partial charge is 0.341 e. The fraction of sp³-hybridized carbons (Fsp3) is 0.429. The molecule has 0 amide bonds. The molecule has 0 aliphatic carbocycles. The average molecular weight is 281 g/mol. The van der Waals surface area contributed by atoms with Crippen LogP contribution >= 0.6 is 0 Å². The monoisotopic (exact) mass is 281 g/mol. The van der Waals surface area contributed by atoms with E-state index < -0.39 is 24.6 Å². The van der Waals surface area contributed by atoms with Gasteiger partial charge >= 0.3 is 11.9 Å². The molecule has 0 radical (unpaired) electrons. The van der Waals surface area contributed by atoms with Gasteiger partial charge in [0.1, 0.15) is 11.8 Å². The summed E-state index contributed by atoms with van der Waals surface area (Å²) in [4.78, 5) is 21.5. The Morgan fingerprint density at radius 3 is 2.55 bits per heavy atom. The van der Waals surface area contributed by atoms with Gasteiger partial charge in [0, 0.05) is 6.54 Å². The van der Waals surface area contributed by atoms with Gasteiger partial charge in [0.25, 0.3) is 0 Å². The first-order valence-electron chi connectivity index (χ1n) is 6.30. The Kier molecular flexibility index (Phi) is 5.99. The minimum atomic E-state index is -1.04. The molecule has 0 saturated carbocycles. The minimum absolute atomic E-state index is 0.0288. The number of rotatable bonds is 8. The molecule has 6 nitrogen and oxygen atoms in total. The lowest BCUT2D eigenvalue weighted by molar-refractivity contribution is -0.141. The van der Waals surface area contributed by atoms with Gasteiger partial charge in [-0.05, 0) is 23.6 Å². The molecule has 3 N–H and O–H groups in total. The highest BCUT2D eigenvalue weighted by Crippen LogP contribution is 2.14. The predicted molar refractivity (Wildman–Crippen MR) is 72.7 cm³/mol. The molecule has 0 aliphatic rings. The van der Waals surface area contributed by atoms with Crippen molar-refractivity contribution in [2.24, 2.45) is 5.92 Å². The van der Waals surface area contributed by atoms with Gasteiger partial charge in [-0.3, -0.25) is 4.79 Å². The molecule has 20 heavy (non-hydrogen) atoms. The van der Waals surface area contributed by atoms with Crippen LogP contribution in [-0.2, 0) is 16.1 Å². The van der Waals surface area contributed by atoms with Crippen molar-refractivity contribution in [3.8, 4) is 5.75 Å². The quantitative estimate of drug-likeness (QED) is 0.665. The van der Waals surface area contributed by atoms with E-state index in [4.69, 9.17) is 14.9 Å². The number of benzene rings is 1. The predicted octanol–water partition coefficient (Wildman–Crippen LogP) is 1.35. The number of carbonyl (C=O) groups is 2. The number of hydrogen-bond donors (Lipinski definition) is 3. The summed E-state index contributed by atoms with van der Waals surface area (Å²) < 4.78 is 5.07. The summed E-state index contributed by atoms with van der Waals surface area (Å²) in [5.74, 6) is -1.51. The number of hydrogen-bond acceptors (Lipinski definition) is 4. The van der Waals surface area contributed by atoms with Crippen LogP contribution in [0.3, 0.4) is 0 Å². The molecule has 0 aromatic heterocycles. The second-order valence-electron chi connectivity index (χ2n) is 4.77. The molecule has 1 aromatic rings. The van der Waals surface area contributed by atoms with Crippen molar-refractivity contribution in [1.29, 1.82) is 0 Å². The first kappa shape index (κ1) is 16.0. The number of ether oxygens (including phenoxy) is 1. The van der Waals surface area contributed by atoms with E-state index in [-0.39, 0.29) is 5.92 Å². The highest BCUT2D eigenvalue weighted by molar-refractivity contribution is 5.73. The molecule has 0 unspecified atom stereocenters. The molecule has 110 valence electrons. The van der Waals surface area contributed by atoms with Gasteiger partial charge in [-0.15, -0.1) is 0 Å². The van der Waals surface area contributed by atoms with Crippen LogP contribution in [-0.4, -0.2) is 34.8 Å². The SMILES string of the molecule is CC(C)[C@@H](NCc1cccc(OCC(=O)O)c1)C(=O)O. The Bertz CT molecular complexity index is 472. The topological polar surface area (TPSA) is 95.9 Å². The average Bonchev–Trinajstić information content (AvgIpc) is 2.36. The van der Waals surface area contributed by atoms with Crippen LogP contribution in [0.15, 0.2) is 24.3 Å². The second kappa shape index (κ2) is 7.49.